The van der Waals surface area contributed by atoms with Crippen molar-refractivity contribution in [2.75, 3.05) is 0 Å². The molecule has 3 nitrogen and oxygen atoms in total. The molecule has 0 fully saturated rings. The SMILES string of the molecule is Cc1ccc2c(c1)C(C)(C)c1cc(C)ccc1-2.Cc1ccc2c(c1)oc1cc(C)ccc12.Cc1ccc2c(c1)sc1cc(C)ccc12.Cc1ccc2c(ccc3cc(C)ccc32)c1.Cc1ccnc(C)c1.Cc1cncc(C)c1. The van der Waals surface area contributed by atoms with Gasteiger partial charge in [-0.15, -0.1) is 11.3 Å². The Labute approximate surface area is 472 Å². The molecular weight excluding hydrogens is 977 g/mol. The quantitative estimate of drug-likeness (QED) is 0.142. The molecule has 396 valence electrons. The number of hydrogen-bond donors (Lipinski definition) is 0. The van der Waals surface area contributed by atoms with Crippen LogP contribution in [0.25, 0.3) is 74.8 Å². The van der Waals surface area contributed by atoms with E-state index < -0.39 is 0 Å². The lowest BCUT2D eigenvalue weighted by atomic mass is 9.81. The third-order valence-corrected chi connectivity index (χ3v) is 15.9. The summed E-state index contributed by atoms with van der Waals surface area (Å²) in [6.45, 7) is 29.9. The molecular formula is C75H74N2OS. The van der Waals surface area contributed by atoms with Gasteiger partial charge in [0.25, 0.3) is 0 Å². The summed E-state index contributed by atoms with van der Waals surface area (Å²) in [6.07, 6.45) is 5.53. The van der Waals surface area contributed by atoms with Crippen LogP contribution in [0.2, 0.25) is 0 Å². The van der Waals surface area contributed by atoms with Gasteiger partial charge < -0.3 is 4.42 Å². The van der Waals surface area contributed by atoms with Crippen molar-refractivity contribution in [3.05, 3.63) is 273 Å². The van der Waals surface area contributed by atoms with Gasteiger partial charge in [0, 0.05) is 60.6 Å². The van der Waals surface area contributed by atoms with Crippen LogP contribution in [0.15, 0.2) is 199 Å². The van der Waals surface area contributed by atoms with E-state index in [1.54, 1.807) is 0 Å². The number of aromatic nitrogens is 2. The lowest BCUT2D eigenvalue weighted by Crippen LogP contribution is -2.15. The number of rotatable bonds is 0. The van der Waals surface area contributed by atoms with Crippen molar-refractivity contribution < 1.29 is 4.42 Å². The van der Waals surface area contributed by atoms with Crippen molar-refractivity contribution in [2.24, 2.45) is 0 Å². The predicted octanol–water partition coefficient (Wildman–Crippen LogP) is 21.5. The highest BCUT2D eigenvalue weighted by molar-refractivity contribution is 7.25. The molecule has 1 aliphatic carbocycles. The maximum atomic E-state index is 5.81. The molecule has 0 bridgehead atoms. The van der Waals surface area contributed by atoms with Gasteiger partial charge in [0.05, 0.1) is 0 Å². The fourth-order valence-electron chi connectivity index (χ4n) is 10.7. The highest BCUT2D eigenvalue weighted by Crippen LogP contribution is 2.49. The van der Waals surface area contributed by atoms with Crippen LogP contribution in [0.3, 0.4) is 0 Å². The van der Waals surface area contributed by atoms with Gasteiger partial charge in [-0.2, -0.15) is 0 Å². The summed E-state index contributed by atoms with van der Waals surface area (Å²) >= 11 is 1.89. The van der Waals surface area contributed by atoms with Gasteiger partial charge in [-0.05, 0) is 202 Å². The smallest absolute Gasteiger partial charge is 0.135 e. The number of thiophene rings is 1. The summed E-state index contributed by atoms with van der Waals surface area (Å²) in [5.41, 5.74) is 23.2. The Morgan fingerprint density at radius 2 is 0.696 bits per heavy atom. The standard InChI is InChI=1S/C17H18.C16H14.C14H12O.C14H12S.2C7H9N/c1-11-5-7-13-14-8-6-12(2)10-16(14)17(3,4)15(13)9-11;1-11-3-7-15-13(9-11)5-6-14-10-12(2)4-8-16(14)15;2*1-9-3-5-11-12-6-4-10(2)8-14(12)15-13(11)7-9;1-6-3-7(2)5-8-4-6;1-6-3-4-8-7(2)5-6/h5-10H,1-4H3;3-10H,1-2H3;2*3-8H,1-2H3;2*3-5H,1-2H3. The van der Waals surface area contributed by atoms with Gasteiger partial charge in [0.1, 0.15) is 11.2 Å². The fourth-order valence-corrected chi connectivity index (χ4v) is 12.0. The molecule has 14 rings (SSSR count). The van der Waals surface area contributed by atoms with Crippen molar-refractivity contribution in [3.63, 3.8) is 0 Å². The Morgan fingerprint density at radius 1 is 0.329 bits per heavy atom. The largest absolute Gasteiger partial charge is 0.456 e. The van der Waals surface area contributed by atoms with Crippen LogP contribution >= 0.6 is 11.3 Å². The second kappa shape index (κ2) is 23.8. The first-order valence-corrected chi connectivity index (χ1v) is 28.3. The maximum absolute atomic E-state index is 5.81. The Hall–Kier alpha value is -8.18. The zero-order valence-corrected chi connectivity index (χ0v) is 49.5. The monoisotopic (exact) mass is 1050 g/mol. The highest BCUT2D eigenvalue weighted by atomic mass is 32.1. The van der Waals surface area contributed by atoms with E-state index in [4.69, 9.17) is 4.42 Å². The van der Waals surface area contributed by atoms with Crippen LogP contribution in [0.1, 0.15) is 91.9 Å². The van der Waals surface area contributed by atoms with E-state index in [9.17, 15) is 0 Å². The maximum Gasteiger partial charge on any atom is 0.135 e. The van der Waals surface area contributed by atoms with Gasteiger partial charge in [0.2, 0.25) is 0 Å². The van der Waals surface area contributed by atoms with Gasteiger partial charge in [-0.25, -0.2) is 0 Å². The number of nitrogens with zero attached hydrogens (tertiary/aromatic N) is 2. The summed E-state index contributed by atoms with van der Waals surface area (Å²) in [5.74, 6) is 0. The second-order valence-electron chi connectivity index (χ2n) is 22.5. The van der Waals surface area contributed by atoms with Crippen molar-refractivity contribution in [2.45, 2.75) is 102 Å². The van der Waals surface area contributed by atoms with Crippen LogP contribution < -0.4 is 0 Å². The predicted molar refractivity (Wildman–Crippen MR) is 344 cm³/mol. The van der Waals surface area contributed by atoms with Gasteiger partial charge in [-0.3, -0.25) is 9.97 Å². The average Bonchev–Trinajstić information content (AvgIpc) is 4.27. The third-order valence-electron chi connectivity index (χ3n) is 14.8. The van der Waals surface area contributed by atoms with E-state index in [2.05, 4.69) is 256 Å². The molecule has 0 N–H and O–H groups in total. The van der Waals surface area contributed by atoms with E-state index in [0.717, 1.165) is 16.9 Å². The molecule has 0 aliphatic heterocycles. The first kappa shape index (κ1) is 55.6. The van der Waals surface area contributed by atoms with E-state index in [0.29, 0.717) is 0 Å². The van der Waals surface area contributed by atoms with Gasteiger partial charge in [-0.1, -0.05) is 176 Å². The lowest BCUT2D eigenvalue weighted by molar-refractivity contribution is 0.659. The average molecular weight is 1050 g/mol. The zero-order chi connectivity index (χ0) is 56.1. The molecule has 4 heteroatoms. The molecule has 0 amide bonds. The van der Waals surface area contributed by atoms with Crippen LogP contribution in [0, 0.1) is 83.1 Å². The van der Waals surface area contributed by atoms with Crippen molar-refractivity contribution in [3.8, 4) is 11.1 Å². The molecule has 0 saturated carbocycles. The number of benzene rings is 9. The summed E-state index contributed by atoms with van der Waals surface area (Å²) in [5, 5.41) is 10.5. The third kappa shape index (κ3) is 13.1. The Kier molecular flexibility index (Phi) is 16.8. The number of pyridine rings is 2. The first-order valence-electron chi connectivity index (χ1n) is 27.5. The molecule has 0 radical (unpaired) electrons. The van der Waals surface area contributed by atoms with Crippen LogP contribution in [0.4, 0.5) is 0 Å². The highest BCUT2D eigenvalue weighted by Gasteiger charge is 2.35. The molecule has 1 aliphatic rings. The van der Waals surface area contributed by atoms with Gasteiger partial charge >= 0.3 is 0 Å². The minimum Gasteiger partial charge on any atom is -0.456 e. The molecule has 79 heavy (non-hydrogen) atoms. The minimum absolute atomic E-state index is 0.142. The van der Waals surface area contributed by atoms with Crippen molar-refractivity contribution in [1.29, 1.82) is 0 Å². The molecule has 0 atom stereocenters. The number of aryl methyl sites for hydroxylation is 12. The van der Waals surface area contributed by atoms with Crippen LogP contribution in [-0.4, -0.2) is 9.97 Å². The molecule has 4 heterocycles. The lowest BCUT2D eigenvalue weighted by Gasteiger charge is -2.22. The van der Waals surface area contributed by atoms with E-state index in [1.165, 1.54) is 136 Å². The topological polar surface area (TPSA) is 38.9 Å². The van der Waals surface area contributed by atoms with Crippen molar-refractivity contribution in [1.82, 2.24) is 9.97 Å². The normalized spacial score (nSPS) is 11.8. The van der Waals surface area contributed by atoms with E-state index in [-0.39, 0.29) is 5.41 Å². The van der Waals surface area contributed by atoms with Crippen LogP contribution in [-0.2, 0) is 5.41 Å². The van der Waals surface area contributed by atoms with E-state index >= 15 is 0 Å². The number of furan rings is 1. The molecule has 0 saturated heterocycles. The summed E-state index contributed by atoms with van der Waals surface area (Å²) in [6, 6.07) is 63.6. The summed E-state index contributed by atoms with van der Waals surface area (Å²) < 4.78 is 8.61. The second-order valence-corrected chi connectivity index (χ2v) is 23.5. The number of fused-ring (bicyclic) bond motifs is 12. The fraction of sp³-hybridized carbons (Fsp3) is 0.200. The summed E-state index contributed by atoms with van der Waals surface area (Å²) in [7, 11) is 0. The Bertz CT molecular complexity index is 3900. The molecule has 0 unspecified atom stereocenters. The molecule has 13 aromatic rings. The Morgan fingerprint density at radius 3 is 1.09 bits per heavy atom. The zero-order valence-electron chi connectivity index (χ0n) is 48.7. The van der Waals surface area contributed by atoms with Crippen LogP contribution in [0.5, 0.6) is 0 Å². The van der Waals surface area contributed by atoms with E-state index in [1.807, 2.05) is 56.8 Å². The molecule has 9 aromatic carbocycles. The molecule has 4 aromatic heterocycles. The number of hydrogen-bond acceptors (Lipinski definition) is 4. The van der Waals surface area contributed by atoms with Gasteiger partial charge in [0.15, 0.2) is 0 Å². The summed E-state index contributed by atoms with van der Waals surface area (Å²) in [4.78, 5) is 8.02. The minimum atomic E-state index is 0.142. The molecule has 0 spiro atoms. The Balaban J connectivity index is 0.000000117. The van der Waals surface area contributed by atoms with Crippen molar-refractivity contribution >= 4 is 75.0 Å². The first-order chi connectivity index (χ1) is 37.8.